The van der Waals surface area contributed by atoms with Crippen LogP contribution in [0.15, 0.2) is 52.1 Å². The summed E-state index contributed by atoms with van der Waals surface area (Å²) in [7, 11) is 0. The lowest BCUT2D eigenvalue weighted by Gasteiger charge is -2.45. The number of nitriles is 3. The molecule has 1 aromatic rings. The zero-order valence-electron chi connectivity index (χ0n) is 18.3. The molecule has 0 aromatic heterocycles. The molecule has 0 fully saturated rings. The van der Waals surface area contributed by atoms with E-state index in [1.807, 2.05) is 30.5 Å². The number of hydrogen-bond acceptors (Lipinski definition) is 7. The zero-order valence-corrected chi connectivity index (χ0v) is 19.1. The minimum Gasteiger partial charge on any atom is -0.399 e. The van der Waals surface area contributed by atoms with Gasteiger partial charge in [0.15, 0.2) is 5.41 Å². The van der Waals surface area contributed by atoms with E-state index in [1.54, 1.807) is 18.7 Å². The maximum Gasteiger partial charge on any atom is 0.191 e. The van der Waals surface area contributed by atoms with Gasteiger partial charge in [-0.2, -0.15) is 15.8 Å². The molecule has 1 aliphatic carbocycles. The molecule has 0 saturated heterocycles. The van der Waals surface area contributed by atoms with Crippen molar-refractivity contribution in [3.8, 4) is 18.2 Å². The largest absolute Gasteiger partial charge is 0.399 e. The molecule has 0 bridgehead atoms. The van der Waals surface area contributed by atoms with Crippen molar-refractivity contribution >= 4 is 11.8 Å². The molecule has 2 aliphatic rings. The van der Waals surface area contributed by atoms with Crippen LogP contribution in [0.3, 0.4) is 0 Å². The van der Waals surface area contributed by atoms with Crippen molar-refractivity contribution in [2.75, 3.05) is 32.5 Å². The Bertz CT molecular complexity index is 948. The Morgan fingerprint density at radius 1 is 1.19 bits per heavy atom. The standard InChI is InChI=1S/C22H23N5S.C2H6O/c1-3-9-27-10-8-17-18(11-23)21(26)22(13-24,14-25)20(19(17)12-27)15-4-6-16(28-2)7-5-15;1-2-3/h4-8,19-20H,3,9-10,12,26H2,1-2H3;3H,2H2,1H3. The van der Waals surface area contributed by atoms with Crippen LogP contribution in [0.25, 0.3) is 0 Å². The smallest absolute Gasteiger partial charge is 0.191 e. The molecule has 0 spiro atoms. The maximum absolute atomic E-state index is 10.1. The minimum absolute atomic E-state index is 0.0883. The molecule has 31 heavy (non-hydrogen) atoms. The number of benzene rings is 1. The Morgan fingerprint density at radius 3 is 2.29 bits per heavy atom. The second-order valence-electron chi connectivity index (χ2n) is 7.52. The van der Waals surface area contributed by atoms with Gasteiger partial charge in [0.25, 0.3) is 0 Å². The summed E-state index contributed by atoms with van der Waals surface area (Å²) in [6.45, 7) is 6.46. The average Bonchev–Trinajstić information content (AvgIpc) is 2.79. The number of fused-ring (bicyclic) bond motifs is 1. The summed E-state index contributed by atoms with van der Waals surface area (Å²) in [5.74, 6) is -0.539. The molecule has 1 heterocycles. The molecule has 7 heteroatoms. The van der Waals surface area contributed by atoms with E-state index in [9.17, 15) is 15.8 Å². The number of rotatable bonds is 4. The van der Waals surface area contributed by atoms with Gasteiger partial charge >= 0.3 is 0 Å². The van der Waals surface area contributed by atoms with E-state index >= 15 is 0 Å². The van der Waals surface area contributed by atoms with E-state index in [1.165, 1.54) is 0 Å². The average molecular weight is 436 g/mol. The maximum atomic E-state index is 10.1. The Kier molecular flexibility index (Phi) is 8.72. The number of hydrogen-bond donors (Lipinski definition) is 2. The van der Waals surface area contributed by atoms with Crippen LogP contribution in [0.2, 0.25) is 0 Å². The fourth-order valence-electron chi connectivity index (χ4n) is 4.43. The van der Waals surface area contributed by atoms with Crippen LogP contribution in [0, 0.1) is 45.3 Å². The molecule has 162 valence electrons. The molecule has 0 amide bonds. The van der Waals surface area contributed by atoms with Gasteiger partial charge in [0.1, 0.15) is 6.07 Å². The number of nitrogens with zero attached hydrogens (tertiary/aromatic N) is 4. The second kappa shape index (κ2) is 11.0. The number of nitrogens with two attached hydrogens (primary N) is 1. The van der Waals surface area contributed by atoms with Gasteiger partial charge in [0, 0.05) is 36.4 Å². The van der Waals surface area contributed by atoms with Crippen molar-refractivity contribution in [2.45, 2.75) is 31.1 Å². The fourth-order valence-corrected chi connectivity index (χ4v) is 4.83. The molecule has 0 saturated carbocycles. The van der Waals surface area contributed by atoms with Gasteiger partial charge in [-0.25, -0.2) is 0 Å². The molecule has 2 atom stereocenters. The Morgan fingerprint density at radius 2 is 1.81 bits per heavy atom. The van der Waals surface area contributed by atoms with E-state index in [0.717, 1.165) is 35.5 Å². The normalized spacial score (nSPS) is 22.0. The molecule has 3 rings (SSSR count). The van der Waals surface area contributed by atoms with Crippen molar-refractivity contribution < 1.29 is 5.11 Å². The molecule has 2 unspecified atom stereocenters. The fraction of sp³-hybridized carbons (Fsp3) is 0.458. The molecular weight excluding hydrogens is 406 g/mol. The van der Waals surface area contributed by atoms with Gasteiger partial charge in [-0.05, 0) is 49.4 Å². The van der Waals surface area contributed by atoms with Crippen molar-refractivity contribution in [1.82, 2.24) is 4.90 Å². The second-order valence-corrected chi connectivity index (χ2v) is 8.40. The van der Waals surface area contributed by atoms with Crippen LogP contribution in [-0.4, -0.2) is 42.5 Å². The van der Waals surface area contributed by atoms with Gasteiger partial charge in [0.05, 0.1) is 23.4 Å². The number of thioether (sulfide) groups is 1. The third kappa shape index (κ3) is 4.63. The van der Waals surface area contributed by atoms with E-state index in [2.05, 4.69) is 36.1 Å². The lowest BCUT2D eigenvalue weighted by atomic mass is 9.58. The van der Waals surface area contributed by atoms with Crippen LogP contribution in [0.4, 0.5) is 0 Å². The van der Waals surface area contributed by atoms with Crippen LogP contribution in [-0.2, 0) is 0 Å². The minimum atomic E-state index is -1.55. The highest BCUT2D eigenvalue weighted by molar-refractivity contribution is 7.98. The van der Waals surface area contributed by atoms with E-state index in [-0.39, 0.29) is 18.2 Å². The van der Waals surface area contributed by atoms with Crippen molar-refractivity contribution in [3.05, 3.63) is 52.7 Å². The third-order valence-corrected chi connectivity index (χ3v) is 6.50. The van der Waals surface area contributed by atoms with Crippen molar-refractivity contribution in [2.24, 2.45) is 17.1 Å². The zero-order chi connectivity index (χ0) is 23.0. The summed E-state index contributed by atoms with van der Waals surface area (Å²) < 4.78 is 0. The summed E-state index contributed by atoms with van der Waals surface area (Å²) in [5, 5.41) is 37.5. The SMILES string of the molecule is CCCN1CC=C2C(C#N)=C(N)C(C#N)(C#N)C(c3ccc(SC)cc3)C2C1.CCO. The monoisotopic (exact) mass is 435 g/mol. The Hall–Kier alpha value is -2.76. The van der Waals surface area contributed by atoms with E-state index < -0.39 is 11.3 Å². The topological polar surface area (TPSA) is 121 Å². The van der Waals surface area contributed by atoms with Crippen LogP contribution in [0.1, 0.15) is 31.7 Å². The molecule has 3 N–H and O–H groups in total. The van der Waals surface area contributed by atoms with Gasteiger partial charge in [-0.15, -0.1) is 11.8 Å². The summed E-state index contributed by atoms with van der Waals surface area (Å²) in [6.07, 6.45) is 5.08. The summed E-state index contributed by atoms with van der Waals surface area (Å²) in [4.78, 5) is 3.43. The summed E-state index contributed by atoms with van der Waals surface area (Å²) in [6, 6.07) is 14.6. The highest BCUT2D eigenvalue weighted by atomic mass is 32.2. The lowest BCUT2D eigenvalue weighted by molar-refractivity contribution is 0.207. The van der Waals surface area contributed by atoms with Gasteiger partial charge < -0.3 is 10.8 Å². The van der Waals surface area contributed by atoms with Crippen LogP contribution < -0.4 is 5.73 Å². The molecule has 1 aromatic carbocycles. The quantitative estimate of drug-likeness (QED) is 0.694. The number of aliphatic hydroxyl groups excluding tert-OH is 1. The van der Waals surface area contributed by atoms with Crippen molar-refractivity contribution in [1.29, 1.82) is 15.8 Å². The third-order valence-electron chi connectivity index (χ3n) is 5.75. The Labute approximate surface area is 189 Å². The highest BCUT2D eigenvalue weighted by Gasteiger charge is 2.54. The first kappa shape index (κ1) is 24.5. The van der Waals surface area contributed by atoms with E-state index in [0.29, 0.717) is 12.1 Å². The molecule has 0 radical (unpaired) electrons. The number of allylic oxidation sites excluding steroid dienone is 2. The highest BCUT2D eigenvalue weighted by Crippen LogP contribution is 2.54. The predicted octanol–water partition coefficient (Wildman–Crippen LogP) is 3.54. The summed E-state index contributed by atoms with van der Waals surface area (Å²) >= 11 is 1.64. The number of aliphatic hydroxyl groups is 1. The first-order chi connectivity index (χ1) is 15.0. The first-order valence-electron chi connectivity index (χ1n) is 10.4. The Balaban J connectivity index is 0.00000107. The molecule has 1 aliphatic heterocycles. The van der Waals surface area contributed by atoms with Gasteiger partial charge in [-0.3, -0.25) is 4.90 Å². The molecular formula is C24H29N5OS. The predicted molar refractivity (Wildman–Crippen MR) is 123 cm³/mol. The van der Waals surface area contributed by atoms with E-state index in [4.69, 9.17) is 10.8 Å². The van der Waals surface area contributed by atoms with Gasteiger partial charge in [0.2, 0.25) is 0 Å². The summed E-state index contributed by atoms with van der Waals surface area (Å²) in [5.41, 5.74) is 6.96. The van der Waals surface area contributed by atoms with Crippen LogP contribution in [0.5, 0.6) is 0 Å². The first-order valence-corrected chi connectivity index (χ1v) is 11.6. The van der Waals surface area contributed by atoms with Gasteiger partial charge in [-0.1, -0.05) is 25.1 Å². The lowest BCUT2D eigenvalue weighted by Crippen LogP contribution is -2.48. The molecule has 6 nitrogen and oxygen atoms in total. The van der Waals surface area contributed by atoms with Crippen LogP contribution >= 0.6 is 11.8 Å². The van der Waals surface area contributed by atoms with Crippen molar-refractivity contribution in [3.63, 3.8) is 0 Å².